The number of carbonyl (C=O) groups is 1. The number of aryl methyl sites for hydroxylation is 2. The molecule has 1 atom stereocenters. The van der Waals surface area contributed by atoms with Crippen LogP contribution in [0, 0.1) is 5.92 Å². The van der Waals surface area contributed by atoms with Crippen molar-refractivity contribution in [2.24, 2.45) is 5.92 Å². The van der Waals surface area contributed by atoms with Gasteiger partial charge in [-0.2, -0.15) is 0 Å². The molecule has 0 amide bonds. The van der Waals surface area contributed by atoms with Gasteiger partial charge in [-0.3, -0.25) is 9.36 Å². The highest BCUT2D eigenvalue weighted by molar-refractivity contribution is 7.18. The van der Waals surface area contributed by atoms with Crippen molar-refractivity contribution in [1.82, 2.24) is 9.55 Å². The van der Waals surface area contributed by atoms with E-state index in [9.17, 15) is 9.59 Å². The number of carbonyl (C=O) groups excluding carboxylic acids is 1. The minimum absolute atomic E-state index is 0.118. The number of hydrogen-bond acceptors (Lipinski definition) is 5. The summed E-state index contributed by atoms with van der Waals surface area (Å²) in [4.78, 5) is 31.7. The molecule has 6 heteroatoms. The summed E-state index contributed by atoms with van der Waals surface area (Å²) in [6.45, 7) is 6.25. The standard InChI is InChI=1S/C18H24N2O3S/c1-11(2)8-9-23-18(22)12(3)20-10-19-16-15(17(20)21)13-6-4-5-7-14(13)24-16/h10-12H,4-9H2,1-3H3/t12-/m0/s1. The van der Waals surface area contributed by atoms with Crippen molar-refractivity contribution in [3.8, 4) is 0 Å². The van der Waals surface area contributed by atoms with Crippen LogP contribution in [0.4, 0.5) is 0 Å². The summed E-state index contributed by atoms with van der Waals surface area (Å²) in [6, 6.07) is -0.652. The normalized spacial score (nSPS) is 15.5. The van der Waals surface area contributed by atoms with Crippen molar-refractivity contribution in [2.75, 3.05) is 6.61 Å². The molecule has 2 heterocycles. The number of rotatable bonds is 5. The molecule has 2 aromatic heterocycles. The minimum atomic E-state index is -0.652. The Morgan fingerprint density at radius 2 is 2.08 bits per heavy atom. The van der Waals surface area contributed by atoms with Gasteiger partial charge in [-0.25, -0.2) is 9.78 Å². The zero-order chi connectivity index (χ0) is 17.3. The van der Waals surface area contributed by atoms with Gasteiger partial charge in [0, 0.05) is 4.88 Å². The molecule has 0 radical (unpaired) electrons. The minimum Gasteiger partial charge on any atom is -0.464 e. The fourth-order valence-electron chi connectivity index (χ4n) is 3.06. The van der Waals surface area contributed by atoms with Crippen LogP contribution < -0.4 is 5.56 Å². The van der Waals surface area contributed by atoms with Crippen LogP contribution in [0.5, 0.6) is 0 Å². The Balaban J connectivity index is 1.88. The average Bonchev–Trinajstić information content (AvgIpc) is 2.93. The number of aromatic nitrogens is 2. The maximum atomic E-state index is 12.9. The summed E-state index contributed by atoms with van der Waals surface area (Å²) in [5.74, 6) is 0.106. The SMILES string of the molecule is CC(C)CCOC(=O)[C@H](C)n1cnc2sc3c(c2c1=O)CCCC3. The van der Waals surface area contributed by atoms with Gasteiger partial charge in [0.1, 0.15) is 10.9 Å². The molecule has 1 aliphatic rings. The van der Waals surface area contributed by atoms with Gasteiger partial charge in [0.15, 0.2) is 0 Å². The lowest BCUT2D eigenvalue weighted by atomic mass is 9.97. The third-order valence-corrected chi connectivity index (χ3v) is 5.80. The first-order chi connectivity index (χ1) is 11.5. The second-order valence-electron chi connectivity index (χ2n) is 6.87. The van der Waals surface area contributed by atoms with Crippen molar-refractivity contribution in [3.63, 3.8) is 0 Å². The van der Waals surface area contributed by atoms with E-state index in [4.69, 9.17) is 4.74 Å². The molecule has 0 saturated heterocycles. The molecule has 130 valence electrons. The van der Waals surface area contributed by atoms with E-state index in [1.807, 2.05) is 0 Å². The Morgan fingerprint density at radius 3 is 2.83 bits per heavy atom. The van der Waals surface area contributed by atoms with E-state index in [0.717, 1.165) is 36.1 Å². The van der Waals surface area contributed by atoms with Gasteiger partial charge in [0.25, 0.3) is 5.56 Å². The summed E-state index contributed by atoms with van der Waals surface area (Å²) in [5.41, 5.74) is 1.03. The van der Waals surface area contributed by atoms with Gasteiger partial charge in [0.05, 0.1) is 18.3 Å². The number of fused-ring (bicyclic) bond motifs is 3. The lowest BCUT2D eigenvalue weighted by Gasteiger charge is -2.15. The lowest BCUT2D eigenvalue weighted by Crippen LogP contribution is -2.30. The first-order valence-corrected chi connectivity index (χ1v) is 9.48. The molecule has 2 aromatic rings. The Kier molecular flexibility index (Phi) is 5.04. The summed E-state index contributed by atoms with van der Waals surface area (Å²) >= 11 is 1.62. The molecule has 0 bridgehead atoms. The molecule has 0 N–H and O–H groups in total. The lowest BCUT2D eigenvalue weighted by molar-refractivity contribution is -0.147. The van der Waals surface area contributed by atoms with Gasteiger partial charge in [0.2, 0.25) is 0 Å². The second-order valence-corrected chi connectivity index (χ2v) is 7.96. The van der Waals surface area contributed by atoms with Crippen LogP contribution in [-0.2, 0) is 22.4 Å². The third-order valence-electron chi connectivity index (χ3n) is 4.60. The number of esters is 1. The first-order valence-electron chi connectivity index (χ1n) is 8.67. The van der Waals surface area contributed by atoms with E-state index >= 15 is 0 Å². The van der Waals surface area contributed by atoms with E-state index in [0.29, 0.717) is 17.9 Å². The van der Waals surface area contributed by atoms with Crippen LogP contribution in [0.25, 0.3) is 10.2 Å². The van der Waals surface area contributed by atoms with Crippen LogP contribution in [0.3, 0.4) is 0 Å². The van der Waals surface area contributed by atoms with Gasteiger partial charge >= 0.3 is 5.97 Å². The number of hydrogen-bond donors (Lipinski definition) is 0. The first kappa shape index (κ1) is 17.1. The van der Waals surface area contributed by atoms with Crippen molar-refractivity contribution < 1.29 is 9.53 Å². The highest BCUT2D eigenvalue weighted by atomic mass is 32.1. The molecule has 0 unspecified atom stereocenters. The van der Waals surface area contributed by atoms with Crippen LogP contribution >= 0.6 is 11.3 Å². The molecule has 0 aromatic carbocycles. The topological polar surface area (TPSA) is 61.2 Å². The molecule has 5 nitrogen and oxygen atoms in total. The maximum Gasteiger partial charge on any atom is 0.328 e. The second kappa shape index (κ2) is 7.05. The van der Waals surface area contributed by atoms with Crippen molar-refractivity contribution in [3.05, 3.63) is 27.1 Å². The largest absolute Gasteiger partial charge is 0.464 e. The number of nitrogens with zero attached hydrogens (tertiary/aromatic N) is 2. The smallest absolute Gasteiger partial charge is 0.328 e. The Hall–Kier alpha value is -1.69. The molecule has 0 spiro atoms. The monoisotopic (exact) mass is 348 g/mol. The van der Waals surface area contributed by atoms with Gasteiger partial charge < -0.3 is 4.74 Å². The fraction of sp³-hybridized carbons (Fsp3) is 0.611. The summed E-state index contributed by atoms with van der Waals surface area (Å²) in [7, 11) is 0. The summed E-state index contributed by atoms with van der Waals surface area (Å²) in [6.07, 6.45) is 6.56. The molecule has 0 fully saturated rings. The maximum absolute atomic E-state index is 12.9. The van der Waals surface area contributed by atoms with Crippen LogP contribution in [0.1, 0.15) is 56.5 Å². The fourth-order valence-corrected chi connectivity index (χ4v) is 4.28. The van der Waals surface area contributed by atoms with Crippen LogP contribution in [0.2, 0.25) is 0 Å². The predicted molar refractivity (Wildman–Crippen MR) is 95.6 cm³/mol. The van der Waals surface area contributed by atoms with Gasteiger partial charge in [-0.15, -0.1) is 11.3 Å². The van der Waals surface area contributed by atoms with Crippen molar-refractivity contribution in [2.45, 2.75) is 58.9 Å². The molecule has 24 heavy (non-hydrogen) atoms. The van der Waals surface area contributed by atoms with E-state index in [2.05, 4.69) is 18.8 Å². The van der Waals surface area contributed by atoms with Crippen molar-refractivity contribution in [1.29, 1.82) is 0 Å². The third kappa shape index (κ3) is 3.24. The highest BCUT2D eigenvalue weighted by Crippen LogP contribution is 2.33. The Morgan fingerprint density at radius 1 is 1.33 bits per heavy atom. The number of thiophene rings is 1. The molecule has 3 rings (SSSR count). The van der Waals surface area contributed by atoms with Crippen LogP contribution in [-0.4, -0.2) is 22.1 Å². The molecular weight excluding hydrogens is 324 g/mol. The zero-order valence-corrected chi connectivity index (χ0v) is 15.3. The Labute approximate surface area is 145 Å². The van der Waals surface area contributed by atoms with E-state index in [1.165, 1.54) is 22.2 Å². The van der Waals surface area contributed by atoms with Crippen LogP contribution in [0.15, 0.2) is 11.1 Å². The van der Waals surface area contributed by atoms with E-state index in [1.54, 1.807) is 18.3 Å². The highest BCUT2D eigenvalue weighted by Gasteiger charge is 2.23. The van der Waals surface area contributed by atoms with Gasteiger partial charge in [-0.05, 0) is 50.5 Å². The predicted octanol–water partition coefficient (Wildman–Crippen LogP) is 3.49. The Bertz CT molecular complexity index is 806. The number of ether oxygens (including phenoxy) is 1. The molecule has 0 saturated carbocycles. The molecule has 0 aliphatic heterocycles. The average molecular weight is 348 g/mol. The van der Waals surface area contributed by atoms with Gasteiger partial charge in [-0.1, -0.05) is 13.8 Å². The zero-order valence-electron chi connectivity index (χ0n) is 14.5. The summed E-state index contributed by atoms with van der Waals surface area (Å²) < 4.78 is 6.72. The van der Waals surface area contributed by atoms with E-state index < -0.39 is 6.04 Å². The molecular formula is C18H24N2O3S. The van der Waals surface area contributed by atoms with E-state index in [-0.39, 0.29) is 11.5 Å². The quantitative estimate of drug-likeness (QED) is 0.776. The summed E-state index contributed by atoms with van der Waals surface area (Å²) in [5, 5.41) is 0.707. The molecule has 1 aliphatic carbocycles. The van der Waals surface area contributed by atoms with Crippen molar-refractivity contribution >= 4 is 27.5 Å².